The monoisotopic (exact) mass is 553 g/mol. The van der Waals surface area contributed by atoms with Gasteiger partial charge in [-0.3, -0.25) is 9.78 Å². The lowest BCUT2D eigenvalue weighted by atomic mass is 10.2. The quantitative estimate of drug-likeness (QED) is 0.210. The number of benzene rings is 3. The van der Waals surface area contributed by atoms with E-state index in [1.165, 1.54) is 6.21 Å². The van der Waals surface area contributed by atoms with Gasteiger partial charge < -0.3 is 14.2 Å². The molecule has 0 aliphatic rings. The van der Waals surface area contributed by atoms with Crippen molar-refractivity contribution in [3.8, 4) is 17.2 Å². The fourth-order valence-electron chi connectivity index (χ4n) is 3.21. The van der Waals surface area contributed by atoms with Crippen molar-refractivity contribution in [2.75, 3.05) is 13.7 Å². The number of ether oxygens (including phenoxy) is 3. The molecule has 0 fully saturated rings. The highest BCUT2D eigenvalue weighted by molar-refractivity contribution is 9.10. The van der Waals surface area contributed by atoms with Crippen molar-refractivity contribution < 1.29 is 19.0 Å². The van der Waals surface area contributed by atoms with Crippen LogP contribution in [0, 0.1) is 0 Å². The maximum absolute atomic E-state index is 12.2. The van der Waals surface area contributed by atoms with E-state index < -0.39 is 5.91 Å². The highest BCUT2D eigenvalue weighted by Gasteiger charge is 2.11. The van der Waals surface area contributed by atoms with E-state index in [0.717, 1.165) is 15.4 Å². The van der Waals surface area contributed by atoms with Crippen LogP contribution in [0.1, 0.15) is 11.1 Å². The van der Waals surface area contributed by atoms with Crippen molar-refractivity contribution in [2.45, 2.75) is 6.61 Å². The number of pyridine rings is 1. The zero-order valence-electron chi connectivity index (χ0n) is 18.7. The Morgan fingerprint density at radius 3 is 2.66 bits per heavy atom. The van der Waals surface area contributed by atoms with Crippen molar-refractivity contribution >= 4 is 50.6 Å². The molecule has 178 valence electrons. The first-order valence-corrected chi connectivity index (χ1v) is 11.7. The van der Waals surface area contributed by atoms with Gasteiger partial charge in [-0.2, -0.15) is 5.10 Å². The number of rotatable bonds is 9. The minimum atomic E-state index is -0.403. The average molecular weight is 555 g/mol. The molecule has 3 aromatic carbocycles. The zero-order valence-corrected chi connectivity index (χ0v) is 21.0. The minimum Gasteiger partial charge on any atom is -0.493 e. The molecule has 9 heteroatoms. The molecule has 0 spiro atoms. The highest BCUT2D eigenvalue weighted by atomic mass is 79.9. The summed E-state index contributed by atoms with van der Waals surface area (Å²) in [4.78, 5) is 16.5. The summed E-state index contributed by atoms with van der Waals surface area (Å²) in [6.07, 6.45) is 3.19. The number of carbonyl (C=O) groups excluding carboxylic acids is 1. The van der Waals surface area contributed by atoms with Crippen LogP contribution in [-0.4, -0.2) is 30.8 Å². The maximum Gasteiger partial charge on any atom is 0.277 e. The third-order valence-corrected chi connectivity index (χ3v) is 5.88. The van der Waals surface area contributed by atoms with E-state index in [-0.39, 0.29) is 6.61 Å². The van der Waals surface area contributed by atoms with Crippen molar-refractivity contribution in [2.24, 2.45) is 5.10 Å². The Hall–Kier alpha value is -3.62. The largest absolute Gasteiger partial charge is 0.493 e. The molecule has 0 aliphatic heterocycles. The molecule has 0 bridgehead atoms. The first-order chi connectivity index (χ1) is 17.0. The zero-order chi connectivity index (χ0) is 24.6. The van der Waals surface area contributed by atoms with E-state index in [2.05, 4.69) is 31.4 Å². The van der Waals surface area contributed by atoms with Gasteiger partial charge in [0.2, 0.25) is 0 Å². The number of hydrogen-bond acceptors (Lipinski definition) is 6. The smallest absolute Gasteiger partial charge is 0.277 e. The Morgan fingerprint density at radius 2 is 1.86 bits per heavy atom. The molecule has 1 heterocycles. The van der Waals surface area contributed by atoms with Crippen molar-refractivity contribution in [1.29, 1.82) is 0 Å². The van der Waals surface area contributed by atoms with Crippen LogP contribution in [0.4, 0.5) is 0 Å². The summed E-state index contributed by atoms with van der Waals surface area (Å²) in [5, 5.41) is 5.63. The number of halogens is 2. The standard InChI is InChI=1S/C26H21BrClN3O4/c1-33-23-12-19(21(27)13-24(23)34-15-17-7-9-20(28)10-8-17)14-30-31-25(32)16-35-22-6-2-4-18-5-3-11-29-26(18)22/h2-14H,15-16H2,1H3,(H,31,32)/b30-14+. The summed E-state index contributed by atoms with van der Waals surface area (Å²) < 4.78 is 17.7. The van der Waals surface area contributed by atoms with Crippen LogP contribution < -0.4 is 19.6 Å². The van der Waals surface area contributed by atoms with E-state index in [1.807, 2.05) is 48.5 Å². The normalized spacial score (nSPS) is 10.9. The summed E-state index contributed by atoms with van der Waals surface area (Å²) in [6.45, 7) is 0.157. The Balaban J connectivity index is 1.35. The minimum absolute atomic E-state index is 0.199. The summed E-state index contributed by atoms with van der Waals surface area (Å²) in [6, 6.07) is 20.3. The molecule has 0 unspecified atom stereocenters. The lowest BCUT2D eigenvalue weighted by molar-refractivity contribution is -0.123. The van der Waals surface area contributed by atoms with Crippen molar-refractivity contribution in [1.82, 2.24) is 10.4 Å². The molecule has 1 amide bonds. The van der Waals surface area contributed by atoms with Crippen LogP contribution >= 0.6 is 27.5 Å². The fraction of sp³-hybridized carbons (Fsp3) is 0.115. The van der Waals surface area contributed by atoms with Gasteiger partial charge in [0.25, 0.3) is 5.91 Å². The number of para-hydroxylation sites is 1. The molecule has 0 radical (unpaired) electrons. The highest BCUT2D eigenvalue weighted by Crippen LogP contribution is 2.33. The van der Waals surface area contributed by atoms with Crippen LogP contribution in [0.25, 0.3) is 10.9 Å². The first-order valence-electron chi connectivity index (χ1n) is 10.6. The number of hydrazone groups is 1. The number of amides is 1. The second kappa shape index (κ2) is 11.7. The number of hydrogen-bond donors (Lipinski definition) is 1. The van der Waals surface area contributed by atoms with Crippen LogP contribution in [-0.2, 0) is 11.4 Å². The molecular formula is C26H21BrClN3O4. The fourth-order valence-corrected chi connectivity index (χ4v) is 3.76. The number of nitrogens with one attached hydrogen (secondary N) is 1. The van der Waals surface area contributed by atoms with Gasteiger partial charge in [0.1, 0.15) is 17.9 Å². The Bertz CT molecular complexity index is 1360. The second-order valence-electron chi connectivity index (χ2n) is 7.35. The van der Waals surface area contributed by atoms with Crippen LogP contribution in [0.2, 0.25) is 5.02 Å². The van der Waals surface area contributed by atoms with Crippen molar-refractivity contribution in [3.63, 3.8) is 0 Å². The number of methoxy groups -OCH3 is 1. The number of fused-ring (bicyclic) bond motifs is 1. The Kier molecular flexibility index (Phi) is 8.18. The predicted molar refractivity (Wildman–Crippen MR) is 139 cm³/mol. The molecule has 1 aromatic heterocycles. The topological polar surface area (TPSA) is 82.0 Å². The Labute approximate surface area is 215 Å². The van der Waals surface area contributed by atoms with Gasteiger partial charge in [0.05, 0.1) is 13.3 Å². The number of aromatic nitrogens is 1. The van der Waals surface area contributed by atoms with Crippen LogP contribution in [0.15, 0.2) is 82.5 Å². The molecule has 0 saturated carbocycles. The van der Waals surface area contributed by atoms with Gasteiger partial charge >= 0.3 is 0 Å². The van der Waals surface area contributed by atoms with Gasteiger partial charge in [0.15, 0.2) is 18.1 Å². The Morgan fingerprint density at radius 1 is 1.06 bits per heavy atom. The van der Waals surface area contributed by atoms with Crippen LogP contribution in [0.3, 0.4) is 0 Å². The average Bonchev–Trinajstić information content (AvgIpc) is 2.88. The van der Waals surface area contributed by atoms with E-state index >= 15 is 0 Å². The van der Waals surface area contributed by atoms with Gasteiger partial charge in [-0.1, -0.05) is 41.9 Å². The van der Waals surface area contributed by atoms with E-state index in [9.17, 15) is 4.79 Å². The molecule has 0 saturated heterocycles. The number of carbonyl (C=O) groups is 1. The first kappa shape index (κ1) is 24.5. The molecule has 35 heavy (non-hydrogen) atoms. The molecule has 4 aromatic rings. The molecule has 0 aliphatic carbocycles. The lowest BCUT2D eigenvalue weighted by Gasteiger charge is -2.13. The SMILES string of the molecule is COc1cc(/C=N/NC(=O)COc2cccc3cccnc23)c(Br)cc1OCc1ccc(Cl)cc1. The van der Waals surface area contributed by atoms with E-state index in [0.29, 0.717) is 40.0 Å². The van der Waals surface area contributed by atoms with E-state index in [1.54, 1.807) is 31.5 Å². The molecule has 4 rings (SSSR count). The molecular weight excluding hydrogens is 534 g/mol. The van der Waals surface area contributed by atoms with Crippen molar-refractivity contribution in [3.05, 3.63) is 93.5 Å². The van der Waals surface area contributed by atoms with Gasteiger partial charge in [-0.25, -0.2) is 5.43 Å². The summed E-state index contributed by atoms with van der Waals surface area (Å²) in [5.41, 5.74) is 4.83. The van der Waals surface area contributed by atoms with Gasteiger partial charge in [-0.15, -0.1) is 0 Å². The number of nitrogens with zero attached hydrogens (tertiary/aromatic N) is 2. The van der Waals surface area contributed by atoms with Gasteiger partial charge in [-0.05, 0) is 57.9 Å². The summed E-state index contributed by atoms with van der Waals surface area (Å²) >= 11 is 9.44. The second-order valence-corrected chi connectivity index (χ2v) is 8.64. The summed E-state index contributed by atoms with van der Waals surface area (Å²) in [7, 11) is 1.56. The third kappa shape index (κ3) is 6.49. The van der Waals surface area contributed by atoms with Crippen LogP contribution in [0.5, 0.6) is 17.2 Å². The molecule has 7 nitrogen and oxygen atoms in total. The molecule has 0 atom stereocenters. The molecule has 1 N–H and O–H groups in total. The maximum atomic E-state index is 12.2. The summed E-state index contributed by atoms with van der Waals surface area (Å²) in [5.74, 6) is 1.22. The predicted octanol–water partition coefficient (Wildman–Crippen LogP) is 5.77. The lowest BCUT2D eigenvalue weighted by Crippen LogP contribution is -2.24. The van der Waals surface area contributed by atoms with Gasteiger partial charge in [0, 0.05) is 26.6 Å². The van der Waals surface area contributed by atoms with E-state index in [4.69, 9.17) is 25.8 Å². The third-order valence-electron chi connectivity index (χ3n) is 4.94.